The zero-order chi connectivity index (χ0) is 16.3. The van der Waals surface area contributed by atoms with Crippen molar-refractivity contribution in [2.45, 2.75) is 52.0 Å². The summed E-state index contributed by atoms with van der Waals surface area (Å²) in [6.07, 6.45) is 10.4. The van der Waals surface area contributed by atoms with Gasteiger partial charge < -0.3 is 4.90 Å². The first-order chi connectivity index (χ1) is 11.3. The summed E-state index contributed by atoms with van der Waals surface area (Å²) in [5.74, 6) is 1.10. The van der Waals surface area contributed by atoms with Gasteiger partial charge in [0.05, 0.1) is 0 Å². The van der Waals surface area contributed by atoms with Crippen LogP contribution >= 0.6 is 0 Å². The number of anilines is 1. The van der Waals surface area contributed by atoms with E-state index in [2.05, 4.69) is 52.0 Å². The maximum absolute atomic E-state index is 4.67. The van der Waals surface area contributed by atoms with Crippen LogP contribution in [0.25, 0.3) is 0 Å². The molecule has 0 spiro atoms. The van der Waals surface area contributed by atoms with Gasteiger partial charge in [0, 0.05) is 51.2 Å². The van der Waals surface area contributed by atoms with Gasteiger partial charge in [0.15, 0.2) is 0 Å². The Kier molecular flexibility index (Phi) is 8.08. The highest BCUT2D eigenvalue weighted by atomic mass is 15.3. The molecule has 23 heavy (non-hydrogen) atoms. The second-order valence-corrected chi connectivity index (χ2v) is 6.30. The van der Waals surface area contributed by atoms with Crippen molar-refractivity contribution in [3.05, 3.63) is 24.4 Å². The van der Waals surface area contributed by atoms with Gasteiger partial charge in [0.1, 0.15) is 5.82 Å². The lowest BCUT2D eigenvalue weighted by Crippen LogP contribution is -2.51. The number of piperazine rings is 1. The van der Waals surface area contributed by atoms with Crippen molar-refractivity contribution in [2.24, 2.45) is 4.99 Å². The highest BCUT2D eigenvalue weighted by molar-refractivity contribution is 5.64. The van der Waals surface area contributed by atoms with E-state index < -0.39 is 0 Å². The van der Waals surface area contributed by atoms with Crippen LogP contribution in [0.2, 0.25) is 0 Å². The maximum atomic E-state index is 4.67. The fraction of sp³-hybridized carbons (Fsp3) is 0.684. The molecule has 4 nitrogen and oxygen atoms in total. The molecule has 1 unspecified atom stereocenters. The van der Waals surface area contributed by atoms with Crippen LogP contribution in [0.1, 0.15) is 46.0 Å². The van der Waals surface area contributed by atoms with E-state index in [0.717, 1.165) is 45.0 Å². The van der Waals surface area contributed by atoms with Crippen molar-refractivity contribution < 1.29 is 0 Å². The Hall–Kier alpha value is -1.42. The van der Waals surface area contributed by atoms with E-state index in [0.29, 0.717) is 6.04 Å². The van der Waals surface area contributed by atoms with Crippen molar-refractivity contribution in [3.63, 3.8) is 0 Å². The van der Waals surface area contributed by atoms with Gasteiger partial charge in [-0.2, -0.15) is 0 Å². The van der Waals surface area contributed by atoms with E-state index in [1.165, 1.54) is 25.7 Å². The molecule has 2 heterocycles. The average Bonchev–Trinajstić information content (AvgIpc) is 2.62. The topological polar surface area (TPSA) is 31.7 Å². The van der Waals surface area contributed by atoms with E-state index in [-0.39, 0.29) is 0 Å². The molecular formula is C19H32N4. The van der Waals surface area contributed by atoms with Gasteiger partial charge in [-0.1, -0.05) is 39.2 Å². The van der Waals surface area contributed by atoms with E-state index in [9.17, 15) is 0 Å². The van der Waals surface area contributed by atoms with E-state index >= 15 is 0 Å². The Bertz CT molecular complexity index is 438. The van der Waals surface area contributed by atoms with E-state index in [1.54, 1.807) is 0 Å². The van der Waals surface area contributed by atoms with Crippen molar-refractivity contribution in [1.29, 1.82) is 0 Å². The third kappa shape index (κ3) is 5.94. The van der Waals surface area contributed by atoms with Crippen LogP contribution in [-0.4, -0.2) is 54.9 Å². The lowest BCUT2D eigenvalue weighted by molar-refractivity contribution is 0.226. The average molecular weight is 316 g/mol. The second kappa shape index (κ2) is 10.4. The first-order valence-corrected chi connectivity index (χ1v) is 9.25. The van der Waals surface area contributed by atoms with Crippen LogP contribution in [-0.2, 0) is 0 Å². The Morgan fingerprint density at radius 2 is 1.96 bits per heavy atom. The number of aliphatic imine (C=N–C) groups is 1. The van der Waals surface area contributed by atoms with Gasteiger partial charge in [0.2, 0.25) is 0 Å². The molecule has 1 aromatic heterocycles. The van der Waals surface area contributed by atoms with Crippen molar-refractivity contribution >= 4 is 12.0 Å². The van der Waals surface area contributed by atoms with Gasteiger partial charge in [-0.05, 0) is 25.0 Å². The van der Waals surface area contributed by atoms with Crippen LogP contribution in [0.3, 0.4) is 0 Å². The molecule has 0 aliphatic carbocycles. The molecule has 4 heteroatoms. The molecule has 0 amide bonds. The summed E-state index contributed by atoms with van der Waals surface area (Å²) in [6, 6.07) is 6.63. The molecule has 0 N–H and O–H groups in total. The molecule has 1 aliphatic heterocycles. The summed E-state index contributed by atoms with van der Waals surface area (Å²) < 4.78 is 0. The van der Waals surface area contributed by atoms with Crippen LogP contribution in [0.5, 0.6) is 0 Å². The largest absolute Gasteiger partial charge is 0.354 e. The zero-order valence-electron chi connectivity index (χ0n) is 14.8. The van der Waals surface area contributed by atoms with Crippen molar-refractivity contribution in [1.82, 2.24) is 9.88 Å². The summed E-state index contributed by atoms with van der Waals surface area (Å²) in [5, 5.41) is 0. The number of hydrogen-bond acceptors (Lipinski definition) is 4. The number of aromatic nitrogens is 1. The minimum atomic E-state index is 0.493. The summed E-state index contributed by atoms with van der Waals surface area (Å²) >= 11 is 0. The molecule has 0 saturated carbocycles. The number of pyridine rings is 1. The molecule has 0 bridgehead atoms. The number of unbranched alkanes of at least 4 members (excludes halogenated alkanes) is 3. The minimum Gasteiger partial charge on any atom is -0.354 e. The van der Waals surface area contributed by atoms with Crippen molar-refractivity contribution in [2.75, 3.05) is 37.6 Å². The summed E-state index contributed by atoms with van der Waals surface area (Å²) in [5.41, 5.74) is 0. The molecule has 2 rings (SSSR count). The van der Waals surface area contributed by atoms with E-state index in [1.807, 2.05) is 12.3 Å². The second-order valence-electron chi connectivity index (χ2n) is 6.30. The quantitative estimate of drug-likeness (QED) is 0.515. The highest BCUT2D eigenvalue weighted by Crippen LogP contribution is 2.14. The lowest BCUT2D eigenvalue weighted by atomic mass is 10.1. The number of rotatable bonds is 9. The van der Waals surface area contributed by atoms with Gasteiger partial charge in [-0.3, -0.25) is 9.89 Å². The van der Waals surface area contributed by atoms with Crippen LogP contribution in [0.4, 0.5) is 5.82 Å². The summed E-state index contributed by atoms with van der Waals surface area (Å²) in [4.78, 5) is 14.1. The van der Waals surface area contributed by atoms with Gasteiger partial charge in [-0.25, -0.2) is 4.98 Å². The Morgan fingerprint density at radius 1 is 1.13 bits per heavy atom. The number of nitrogens with zero attached hydrogens (tertiary/aromatic N) is 4. The third-order valence-corrected chi connectivity index (χ3v) is 4.59. The number of hydrogen-bond donors (Lipinski definition) is 0. The molecule has 1 saturated heterocycles. The Morgan fingerprint density at radius 3 is 2.61 bits per heavy atom. The SMILES string of the molecule is CCCCCCN=CC(CC)N1CCN(c2ccccn2)CC1. The Labute approximate surface area is 141 Å². The smallest absolute Gasteiger partial charge is 0.128 e. The van der Waals surface area contributed by atoms with Gasteiger partial charge in [-0.15, -0.1) is 0 Å². The van der Waals surface area contributed by atoms with Crippen LogP contribution in [0.15, 0.2) is 29.4 Å². The molecule has 0 aromatic carbocycles. The zero-order valence-corrected chi connectivity index (χ0v) is 14.8. The molecular weight excluding hydrogens is 284 g/mol. The lowest BCUT2D eigenvalue weighted by Gasteiger charge is -2.38. The van der Waals surface area contributed by atoms with Crippen LogP contribution in [0, 0.1) is 0 Å². The molecule has 1 fully saturated rings. The maximum Gasteiger partial charge on any atom is 0.128 e. The van der Waals surface area contributed by atoms with Crippen molar-refractivity contribution in [3.8, 4) is 0 Å². The predicted molar refractivity (Wildman–Crippen MR) is 99.6 cm³/mol. The van der Waals surface area contributed by atoms with Crippen LogP contribution < -0.4 is 4.90 Å². The Balaban J connectivity index is 1.74. The normalized spacial score (nSPS) is 17.7. The standard InChI is InChI=1S/C19H32N4/c1-3-5-6-8-11-20-17-18(4-2)22-13-15-23(16-14-22)19-10-7-9-12-21-19/h7,9-10,12,17-18H,3-6,8,11,13-16H2,1-2H3. The summed E-state index contributed by atoms with van der Waals surface area (Å²) in [6.45, 7) is 9.80. The minimum absolute atomic E-state index is 0.493. The first-order valence-electron chi connectivity index (χ1n) is 9.25. The monoisotopic (exact) mass is 316 g/mol. The molecule has 0 radical (unpaired) electrons. The van der Waals surface area contributed by atoms with Gasteiger partial charge in [0.25, 0.3) is 0 Å². The fourth-order valence-corrected chi connectivity index (χ4v) is 3.11. The predicted octanol–water partition coefficient (Wildman–Crippen LogP) is 3.63. The highest BCUT2D eigenvalue weighted by Gasteiger charge is 2.22. The molecule has 128 valence electrons. The molecule has 1 aromatic rings. The first kappa shape index (κ1) is 17.9. The molecule has 1 aliphatic rings. The summed E-state index contributed by atoms with van der Waals surface area (Å²) in [7, 11) is 0. The third-order valence-electron chi connectivity index (χ3n) is 4.59. The fourth-order valence-electron chi connectivity index (χ4n) is 3.11. The van der Waals surface area contributed by atoms with Gasteiger partial charge >= 0.3 is 0 Å². The van der Waals surface area contributed by atoms with E-state index in [4.69, 9.17) is 0 Å². The molecule has 1 atom stereocenters.